The van der Waals surface area contributed by atoms with E-state index >= 15 is 0 Å². The number of rotatable bonds is 0. The van der Waals surface area contributed by atoms with Crippen LogP contribution in [0.5, 0.6) is 0 Å². The van der Waals surface area contributed by atoms with Crippen LogP contribution in [0.3, 0.4) is 0 Å². The summed E-state index contributed by atoms with van der Waals surface area (Å²) in [6, 6.07) is 0. The van der Waals surface area contributed by atoms with Gasteiger partial charge in [0.1, 0.15) is 5.78 Å². The standard InChI is InChI=1S/C15H24O2/c1-10-5-7-14(3,4)13-12(16)11(2)6-8-15(13,17)9-10/h5,11,13,17H,6-9H2,1-4H3/t11-,13+,15-/m0/s1. The average Bonchev–Trinajstić information content (AvgIpc) is 2.29. The predicted molar refractivity (Wildman–Crippen MR) is 68.6 cm³/mol. The first kappa shape index (κ1) is 12.8. The van der Waals surface area contributed by atoms with Crippen molar-refractivity contribution < 1.29 is 9.90 Å². The Kier molecular flexibility index (Phi) is 2.97. The number of Topliss-reactive ketones (excluding diaryl/α,β-unsaturated/α-hetero) is 1. The zero-order valence-electron chi connectivity index (χ0n) is 11.4. The molecular formula is C15H24O2. The summed E-state index contributed by atoms with van der Waals surface area (Å²) in [7, 11) is 0. The summed E-state index contributed by atoms with van der Waals surface area (Å²) in [4.78, 5) is 12.5. The van der Waals surface area contributed by atoms with Gasteiger partial charge in [-0.3, -0.25) is 4.79 Å². The summed E-state index contributed by atoms with van der Waals surface area (Å²) >= 11 is 0. The van der Waals surface area contributed by atoms with Crippen LogP contribution in [0, 0.1) is 17.3 Å². The summed E-state index contributed by atoms with van der Waals surface area (Å²) in [6.07, 6.45) is 5.35. The summed E-state index contributed by atoms with van der Waals surface area (Å²) in [5.74, 6) is 0.178. The van der Waals surface area contributed by atoms with Gasteiger partial charge in [-0.15, -0.1) is 0 Å². The second kappa shape index (κ2) is 3.94. The Hall–Kier alpha value is -0.630. The van der Waals surface area contributed by atoms with Gasteiger partial charge in [-0.1, -0.05) is 32.4 Å². The third-order valence-corrected chi connectivity index (χ3v) is 4.66. The van der Waals surface area contributed by atoms with E-state index in [1.807, 2.05) is 6.92 Å². The van der Waals surface area contributed by atoms with Crippen molar-refractivity contribution in [3.05, 3.63) is 11.6 Å². The lowest BCUT2D eigenvalue weighted by molar-refractivity contribution is -0.154. The minimum atomic E-state index is -0.801. The molecule has 0 aliphatic heterocycles. The highest BCUT2D eigenvalue weighted by molar-refractivity contribution is 5.86. The van der Waals surface area contributed by atoms with Gasteiger partial charge in [-0.05, 0) is 38.0 Å². The lowest BCUT2D eigenvalue weighted by Gasteiger charge is -2.47. The van der Waals surface area contributed by atoms with Crippen molar-refractivity contribution in [3.8, 4) is 0 Å². The SMILES string of the molecule is CC1=CCC(C)(C)[C@H]2C(=O)[C@@H](C)CC[C@]2(O)C1. The number of hydrogen-bond donors (Lipinski definition) is 1. The Balaban J connectivity index is 2.44. The molecule has 0 unspecified atom stereocenters. The molecule has 2 heteroatoms. The number of carbonyl (C=O) groups is 1. The molecule has 0 spiro atoms. The molecule has 0 aromatic rings. The van der Waals surface area contributed by atoms with Gasteiger partial charge in [0, 0.05) is 5.92 Å². The number of aliphatic hydroxyl groups is 1. The third kappa shape index (κ3) is 2.08. The molecule has 1 fully saturated rings. The molecule has 0 radical (unpaired) electrons. The molecule has 2 rings (SSSR count). The van der Waals surface area contributed by atoms with Crippen molar-refractivity contribution in [2.75, 3.05) is 0 Å². The van der Waals surface area contributed by atoms with Gasteiger partial charge in [-0.2, -0.15) is 0 Å². The molecule has 0 saturated heterocycles. The maximum Gasteiger partial charge on any atom is 0.142 e. The van der Waals surface area contributed by atoms with Gasteiger partial charge >= 0.3 is 0 Å². The van der Waals surface area contributed by atoms with Crippen LogP contribution in [0.25, 0.3) is 0 Å². The van der Waals surface area contributed by atoms with Crippen LogP contribution in [-0.2, 0) is 4.79 Å². The van der Waals surface area contributed by atoms with Crippen molar-refractivity contribution in [1.29, 1.82) is 0 Å². The van der Waals surface area contributed by atoms with Gasteiger partial charge in [0.05, 0.1) is 11.5 Å². The molecule has 2 aliphatic carbocycles. The van der Waals surface area contributed by atoms with Crippen LogP contribution in [-0.4, -0.2) is 16.5 Å². The number of ketones is 1. The largest absolute Gasteiger partial charge is 0.389 e. The smallest absolute Gasteiger partial charge is 0.142 e. The number of fused-ring (bicyclic) bond motifs is 1. The first-order chi connectivity index (χ1) is 7.76. The van der Waals surface area contributed by atoms with Gasteiger partial charge < -0.3 is 5.11 Å². The lowest BCUT2D eigenvalue weighted by atomic mass is 9.59. The van der Waals surface area contributed by atoms with E-state index in [1.165, 1.54) is 5.57 Å². The molecule has 0 heterocycles. The molecule has 2 aliphatic rings. The number of hydrogen-bond acceptors (Lipinski definition) is 2. The van der Waals surface area contributed by atoms with E-state index in [9.17, 15) is 9.90 Å². The first-order valence-corrected chi connectivity index (χ1v) is 6.68. The third-order valence-electron chi connectivity index (χ3n) is 4.66. The Morgan fingerprint density at radius 1 is 1.41 bits per heavy atom. The van der Waals surface area contributed by atoms with Crippen molar-refractivity contribution in [2.24, 2.45) is 17.3 Å². The van der Waals surface area contributed by atoms with Gasteiger partial charge in [0.25, 0.3) is 0 Å². The molecule has 0 aromatic carbocycles. The van der Waals surface area contributed by atoms with Crippen molar-refractivity contribution >= 4 is 5.78 Å². The van der Waals surface area contributed by atoms with E-state index in [0.717, 1.165) is 19.3 Å². The predicted octanol–water partition coefficient (Wildman–Crippen LogP) is 3.10. The van der Waals surface area contributed by atoms with Crippen LogP contribution < -0.4 is 0 Å². The number of carbonyl (C=O) groups excluding carboxylic acids is 1. The zero-order valence-corrected chi connectivity index (χ0v) is 11.4. The Morgan fingerprint density at radius 2 is 2.06 bits per heavy atom. The van der Waals surface area contributed by atoms with Crippen molar-refractivity contribution in [3.63, 3.8) is 0 Å². The van der Waals surface area contributed by atoms with Crippen LogP contribution in [0.4, 0.5) is 0 Å². The Bertz CT molecular complexity index is 367. The van der Waals surface area contributed by atoms with E-state index in [1.54, 1.807) is 0 Å². The quantitative estimate of drug-likeness (QED) is 0.656. The van der Waals surface area contributed by atoms with E-state index in [4.69, 9.17) is 0 Å². The van der Waals surface area contributed by atoms with Crippen molar-refractivity contribution in [2.45, 2.75) is 59.0 Å². The first-order valence-electron chi connectivity index (χ1n) is 6.68. The monoisotopic (exact) mass is 236 g/mol. The fourth-order valence-electron chi connectivity index (χ4n) is 3.72. The number of allylic oxidation sites excluding steroid dienone is 1. The molecule has 96 valence electrons. The van der Waals surface area contributed by atoms with Gasteiger partial charge in [-0.25, -0.2) is 0 Å². The van der Waals surface area contributed by atoms with Crippen LogP contribution in [0.15, 0.2) is 11.6 Å². The van der Waals surface area contributed by atoms with E-state index in [2.05, 4.69) is 26.8 Å². The highest BCUT2D eigenvalue weighted by Gasteiger charge is 2.53. The van der Waals surface area contributed by atoms with Gasteiger partial charge in [0.15, 0.2) is 0 Å². The minimum Gasteiger partial charge on any atom is -0.389 e. The molecule has 0 aromatic heterocycles. The zero-order chi connectivity index (χ0) is 12.8. The highest BCUT2D eigenvalue weighted by Crippen LogP contribution is 2.50. The second-order valence-corrected chi connectivity index (χ2v) is 6.80. The van der Waals surface area contributed by atoms with Gasteiger partial charge in [0.2, 0.25) is 0 Å². The van der Waals surface area contributed by atoms with E-state index < -0.39 is 5.60 Å². The normalized spacial score (nSPS) is 41.5. The summed E-state index contributed by atoms with van der Waals surface area (Å²) in [6.45, 7) is 8.31. The summed E-state index contributed by atoms with van der Waals surface area (Å²) in [5, 5.41) is 10.9. The van der Waals surface area contributed by atoms with Crippen LogP contribution >= 0.6 is 0 Å². The summed E-state index contributed by atoms with van der Waals surface area (Å²) < 4.78 is 0. The molecule has 2 nitrogen and oxygen atoms in total. The van der Waals surface area contributed by atoms with E-state index in [0.29, 0.717) is 6.42 Å². The molecule has 3 atom stereocenters. The fourth-order valence-corrected chi connectivity index (χ4v) is 3.72. The average molecular weight is 236 g/mol. The Labute approximate surface area is 104 Å². The molecule has 0 amide bonds. The molecule has 1 N–H and O–H groups in total. The fraction of sp³-hybridized carbons (Fsp3) is 0.800. The molecular weight excluding hydrogens is 212 g/mol. The van der Waals surface area contributed by atoms with Crippen molar-refractivity contribution in [1.82, 2.24) is 0 Å². The molecule has 17 heavy (non-hydrogen) atoms. The molecule has 1 saturated carbocycles. The van der Waals surface area contributed by atoms with Crippen LogP contribution in [0.2, 0.25) is 0 Å². The Morgan fingerprint density at radius 3 is 2.71 bits per heavy atom. The van der Waals surface area contributed by atoms with E-state index in [-0.39, 0.29) is 23.0 Å². The maximum atomic E-state index is 12.5. The summed E-state index contributed by atoms with van der Waals surface area (Å²) in [5.41, 5.74) is 0.299. The second-order valence-electron chi connectivity index (χ2n) is 6.80. The maximum absolute atomic E-state index is 12.5. The topological polar surface area (TPSA) is 37.3 Å². The van der Waals surface area contributed by atoms with Crippen LogP contribution in [0.1, 0.15) is 53.4 Å². The highest BCUT2D eigenvalue weighted by atomic mass is 16.3. The minimum absolute atomic E-state index is 0.109. The molecule has 0 bridgehead atoms. The lowest BCUT2D eigenvalue weighted by Crippen LogP contribution is -2.54.